The predicted octanol–water partition coefficient (Wildman–Crippen LogP) is 4.13. The number of benzene rings is 1. The average molecular weight is 310 g/mol. The summed E-state index contributed by atoms with van der Waals surface area (Å²) in [4.78, 5) is 4.30. The molecule has 1 atom stereocenters. The van der Waals surface area contributed by atoms with Crippen LogP contribution in [-0.2, 0) is 0 Å². The minimum absolute atomic E-state index is 0.114. The van der Waals surface area contributed by atoms with E-state index in [1.54, 1.807) is 0 Å². The van der Waals surface area contributed by atoms with Crippen molar-refractivity contribution in [2.45, 2.75) is 32.7 Å². The van der Waals surface area contributed by atoms with Gasteiger partial charge in [0.1, 0.15) is 0 Å². The Balaban J connectivity index is 2.08. The molecule has 0 radical (unpaired) electrons. The van der Waals surface area contributed by atoms with Crippen LogP contribution in [-0.4, -0.2) is 10.1 Å². The Hall–Kier alpha value is -1.36. The third-order valence-corrected chi connectivity index (χ3v) is 3.14. The fourth-order valence-electron chi connectivity index (χ4n) is 1.57. The Morgan fingerprint density at radius 1 is 1.28 bits per heavy atom. The lowest BCUT2D eigenvalue weighted by Crippen LogP contribution is -2.06. The molecule has 0 aliphatic rings. The molecule has 96 valence electrons. The molecule has 2 rings (SSSR count). The second-order valence-corrected chi connectivity index (χ2v) is 5.45. The lowest BCUT2D eigenvalue weighted by molar-refractivity contribution is 0.416. The van der Waals surface area contributed by atoms with Crippen LogP contribution in [0.3, 0.4) is 0 Å². The molecule has 0 fully saturated rings. The predicted molar refractivity (Wildman–Crippen MR) is 74.6 cm³/mol. The molecule has 0 saturated carbocycles. The first kappa shape index (κ1) is 13.1. The summed E-state index contributed by atoms with van der Waals surface area (Å²) in [5.74, 6) is 0.990. The Bertz CT molecular complexity index is 524. The van der Waals surface area contributed by atoms with Crippen LogP contribution < -0.4 is 5.32 Å². The molecule has 1 N–H and O–H groups in total. The molecule has 0 bridgehead atoms. The van der Waals surface area contributed by atoms with E-state index in [0.29, 0.717) is 6.01 Å². The highest BCUT2D eigenvalue weighted by Crippen LogP contribution is 2.22. The van der Waals surface area contributed by atoms with Gasteiger partial charge in [0.15, 0.2) is 5.82 Å². The maximum atomic E-state index is 5.16. The normalized spacial score (nSPS) is 12.7. The second kappa shape index (κ2) is 5.52. The van der Waals surface area contributed by atoms with Gasteiger partial charge in [-0.05, 0) is 24.6 Å². The van der Waals surface area contributed by atoms with Gasteiger partial charge in [0.25, 0.3) is 0 Å². The van der Waals surface area contributed by atoms with Gasteiger partial charge in [0.2, 0.25) is 0 Å². The smallest absolute Gasteiger partial charge is 0.321 e. The minimum Gasteiger partial charge on any atom is -0.331 e. The van der Waals surface area contributed by atoms with E-state index in [-0.39, 0.29) is 12.0 Å². The lowest BCUT2D eigenvalue weighted by Gasteiger charge is -2.12. The van der Waals surface area contributed by atoms with Gasteiger partial charge in [0.05, 0.1) is 6.04 Å². The zero-order valence-corrected chi connectivity index (χ0v) is 12.2. The zero-order chi connectivity index (χ0) is 13.1. The quantitative estimate of drug-likeness (QED) is 0.922. The van der Waals surface area contributed by atoms with E-state index in [2.05, 4.69) is 50.4 Å². The van der Waals surface area contributed by atoms with Crippen molar-refractivity contribution >= 4 is 21.9 Å². The summed E-state index contributed by atoms with van der Waals surface area (Å²) in [7, 11) is 0. The van der Waals surface area contributed by atoms with Crippen LogP contribution in [0.2, 0.25) is 0 Å². The summed E-state index contributed by atoms with van der Waals surface area (Å²) in [6.45, 7) is 6.12. The molecule has 0 spiro atoms. The van der Waals surface area contributed by atoms with Gasteiger partial charge in [-0.15, -0.1) is 0 Å². The molecule has 0 saturated heterocycles. The Kier molecular flexibility index (Phi) is 4.01. The first-order valence-electron chi connectivity index (χ1n) is 5.92. The number of nitrogens with one attached hydrogen (secondary N) is 1. The summed E-state index contributed by atoms with van der Waals surface area (Å²) in [6.07, 6.45) is 0. The summed E-state index contributed by atoms with van der Waals surface area (Å²) >= 11 is 3.46. The van der Waals surface area contributed by atoms with Crippen LogP contribution in [0.4, 0.5) is 6.01 Å². The second-order valence-electron chi connectivity index (χ2n) is 4.53. The summed E-state index contributed by atoms with van der Waals surface area (Å²) in [5, 5.41) is 7.12. The van der Waals surface area contributed by atoms with Gasteiger partial charge in [0, 0.05) is 10.4 Å². The van der Waals surface area contributed by atoms with Crippen LogP contribution in [0.1, 0.15) is 44.1 Å². The molecule has 0 amide bonds. The third-order valence-electron chi connectivity index (χ3n) is 2.65. The van der Waals surface area contributed by atoms with Crippen molar-refractivity contribution in [1.29, 1.82) is 0 Å². The molecule has 1 aromatic carbocycles. The molecular weight excluding hydrogens is 294 g/mol. The van der Waals surface area contributed by atoms with Crippen molar-refractivity contribution in [3.63, 3.8) is 0 Å². The van der Waals surface area contributed by atoms with Gasteiger partial charge in [-0.25, -0.2) is 0 Å². The molecule has 2 aromatic rings. The van der Waals surface area contributed by atoms with Gasteiger partial charge < -0.3 is 9.84 Å². The van der Waals surface area contributed by atoms with Crippen LogP contribution >= 0.6 is 15.9 Å². The summed E-state index contributed by atoms with van der Waals surface area (Å²) in [5.41, 5.74) is 1.16. The number of nitrogens with zero attached hydrogens (tertiary/aromatic N) is 2. The van der Waals surface area contributed by atoms with E-state index in [4.69, 9.17) is 4.52 Å². The van der Waals surface area contributed by atoms with Crippen LogP contribution in [0.25, 0.3) is 0 Å². The van der Waals surface area contributed by atoms with E-state index in [1.165, 1.54) is 0 Å². The maximum Gasteiger partial charge on any atom is 0.321 e. The average Bonchev–Trinajstić information content (AvgIpc) is 2.77. The molecule has 1 unspecified atom stereocenters. The van der Waals surface area contributed by atoms with Crippen LogP contribution in [0, 0.1) is 0 Å². The molecule has 1 heterocycles. The highest BCUT2D eigenvalue weighted by Gasteiger charge is 2.12. The number of aromatic nitrogens is 2. The van der Waals surface area contributed by atoms with Gasteiger partial charge in [-0.2, -0.15) is 4.98 Å². The Morgan fingerprint density at radius 3 is 2.67 bits per heavy atom. The van der Waals surface area contributed by atoms with Crippen LogP contribution in [0.5, 0.6) is 0 Å². The van der Waals surface area contributed by atoms with E-state index in [0.717, 1.165) is 15.9 Å². The van der Waals surface area contributed by atoms with Crippen molar-refractivity contribution in [2.24, 2.45) is 0 Å². The number of rotatable bonds is 4. The minimum atomic E-state index is 0.114. The standard InChI is InChI=1S/C13H16BrN3O/c1-8(2)12-16-13(18-17-12)15-9(3)10-5-4-6-11(14)7-10/h4-9H,1-3H3,(H,15,16,17). The van der Waals surface area contributed by atoms with Gasteiger partial charge >= 0.3 is 6.01 Å². The largest absolute Gasteiger partial charge is 0.331 e. The highest BCUT2D eigenvalue weighted by atomic mass is 79.9. The van der Waals surface area contributed by atoms with Crippen molar-refractivity contribution in [2.75, 3.05) is 5.32 Å². The lowest BCUT2D eigenvalue weighted by atomic mass is 10.1. The maximum absolute atomic E-state index is 5.16. The van der Waals surface area contributed by atoms with Crippen molar-refractivity contribution in [3.05, 3.63) is 40.1 Å². The van der Waals surface area contributed by atoms with Crippen LogP contribution in [0.15, 0.2) is 33.3 Å². The molecule has 5 heteroatoms. The fraction of sp³-hybridized carbons (Fsp3) is 0.385. The first-order chi connectivity index (χ1) is 8.56. The Labute approximate surface area is 115 Å². The van der Waals surface area contributed by atoms with E-state index >= 15 is 0 Å². The Morgan fingerprint density at radius 2 is 2.06 bits per heavy atom. The van der Waals surface area contributed by atoms with E-state index in [1.807, 2.05) is 26.0 Å². The molecule has 18 heavy (non-hydrogen) atoms. The molecule has 0 aliphatic carbocycles. The van der Waals surface area contributed by atoms with E-state index in [9.17, 15) is 0 Å². The number of anilines is 1. The van der Waals surface area contributed by atoms with E-state index < -0.39 is 0 Å². The molecular formula is C13H16BrN3O. The number of hydrogen-bond acceptors (Lipinski definition) is 4. The third kappa shape index (κ3) is 3.10. The topological polar surface area (TPSA) is 51.0 Å². The zero-order valence-electron chi connectivity index (χ0n) is 10.6. The monoisotopic (exact) mass is 309 g/mol. The first-order valence-corrected chi connectivity index (χ1v) is 6.71. The van der Waals surface area contributed by atoms with Crippen molar-refractivity contribution in [1.82, 2.24) is 10.1 Å². The molecule has 0 aliphatic heterocycles. The highest BCUT2D eigenvalue weighted by molar-refractivity contribution is 9.10. The molecule has 4 nitrogen and oxygen atoms in total. The van der Waals surface area contributed by atoms with Gasteiger partial charge in [-0.1, -0.05) is 47.1 Å². The SMILES string of the molecule is CC(C)c1noc(NC(C)c2cccc(Br)c2)n1. The van der Waals surface area contributed by atoms with Gasteiger partial charge in [-0.3, -0.25) is 0 Å². The summed E-state index contributed by atoms with van der Waals surface area (Å²) < 4.78 is 6.22. The molecule has 1 aromatic heterocycles. The summed E-state index contributed by atoms with van der Waals surface area (Å²) in [6, 6.07) is 8.71. The number of hydrogen-bond donors (Lipinski definition) is 1. The fourth-order valence-corrected chi connectivity index (χ4v) is 1.99. The van der Waals surface area contributed by atoms with Crippen molar-refractivity contribution < 1.29 is 4.52 Å². The number of halogens is 1. The van der Waals surface area contributed by atoms with Crippen molar-refractivity contribution in [3.8, 4) is 0 Å².